The Morgan fingerprint density at radius 2 is 1.91 bits per heavy atom. The number of hydrogen-bond donors (Lipinski definition) is 1. The second-order valence-corrected chi connectivity index (χ2v) is 8.14. The zero-order valence-electron chi connectivity index (χ0n) is 18.8. The van der Waals surface area contributed by atoms with Gasteiger partial charge in [-0.2, -0.15) is 0 Å². The van der Waals surface area contributed by atoms with Crippen LogP contribution in [-0.2, 0) is 19.1 Å². The van der Waals surface area contributed by atoms with Crippen molar-refractivity contribution in [3.8, 4) is 0 Å². The van der Waals surface area contributed by atoms with E-state index in [1.807, 2.05) is 7.05 Å². The van der Waals surface area contributed by atoms with Gasteiger partial charge in [-0.1, -0.05) is 12.1 Å². The molecule has 0 radical (unpaired) electrons. The van der Waals surface area contributed by atoms with Gasteiger partial charge in [0.1, 0.15) is 6.10 Å². The molecule has 1 N–H and O–H groups in total. The fourth-order valence-electron chi connectivity index (χ4n) is 4.33. The molecule has 0 aromatic heterocycles. The summed E-state index contributed by atoms with van der Waals surface area (Å²) in [5.74, 6) is -1.96. The maximum Gasteiger partial charge on any atom is 0.337 e. The lowest BCUT2D eigenvalue weighted by molar-refractivity contribution is -0.384. The van der Waals surface area contributed by atoms with Gasteiger partial charge in [-0.3, -0.25) is 10.1 Å². The Morgan fingerprint density at radius 1 is 1.22 bits per heavy atom. The summed E-state index contributed by atoms with van der Waals surface area (Å²) in [6.45, 7) is 6.89. The minimum absolute atomic E-state index is 0.124. The summed E-state index contributed by atoms with van der Waals surface area (Å²) in [6.07, 6.45) is 1.42. The molecule has 2 aliphatic rings. The number of likely N-dealkylation sites (N-methyl/N-ethyl adjacent to an activating group) is 1. The summed E-state index contributed by atoms with van der Waals surface area (Å²) < 4.78 is 11.1. The van der Waals surface area contributed by atoms with Crippen LogP contribution < -0.4 is 5.32 Å². The van der Waals surface area contributed by atoms with Crippen molar-refractivity contribution in [1.29, 1.82) is 0 Å². The molecule has 1 saturated heterocycles. The SMILES string of the molecule is CCOC(=O)C1=C(C)NC(C)=C(C(=O)OC2CCCN(C)C2)C1c1cccc([N+](=O)[O-])c1. The van der Waals surface area contributed by atoms with E-state index in [-0.39, 0.29) is 29.5 Å². The third kappa shape index (κ3) is 4.99. The fraction of sp³-hybridized carbons (Fsp3) is 0.478. The average molecular weight is 444 g/mol. The normalized spacial score (nSPS) is 21.8. The van der Waals surface area contributed by atoms with Crippen LogP contribution in [-0.4, -0.2) is 54.6 Å². The first-order valence-corrected chi connectivity index (χ1v) is 10.7. The maximum atomic E-state index is 13.4. The number of esters is 2. The number of likely N-dealkylation sites (tertiary alicyclic amines) is 1. The van der Waals surface area contributed by atoms with Crippen LogP contribution >= 0.6 is 0 Å². The quantitative estimate of drug-likeness (QED) is 0.406. The van der Waals surface area contributed by atoms with E-state index in [1.165, 1.54) is 12.1 Å². The van der Waals surface area contributed by atoms with Crippen LogP contribution in [0.15, 0.2) is 46.8 Å². The highest BCUT2D eigenvalue weighted by molar-refractivity contribution is 6.00. The molecule has 2 unspecified atom stereocenters. The third-order valence-electron chi connectivity index (χ3n) is 5.74. The molecule has 1 aromatic carbocycles. The van der Waals surface area contributed by atoms with Crippen molar-refractivity contribution >= 4 is 17.6 Å². The molecule has 1 fully saturated rings. The number of non-ortho nitro benzene ring substituents is 1. The number of dihydropyridines is 1. The summed E-state index contributed by atoms with van der Waals surface area (Å²) in [4.78, 5) is 39.2. The van der Waals surface area contributed by atoms with Crippen LogP contribution in [0.2, 0.25) is 0 Å². The molecule has 0 amide bonds. The molecule has 0 bridgehead atoms. The Morgan fingerprint density at radius 3 is 2.53 bits per heavy atom. The van der Waals surface area contributed by atoms with E-state index < -0.39 is 22.8 Å². The Bertz CT molecular complexity index is 984. The molecule has 0 saturated carbocycles. The van der Waals surface area contributed by atoms with E-state index in [0.717, 1.165) is 19.4 Å². The van der Waals surface area contributed by atoms with E-state index >= 15 is 0 Å². The second-order valence-electron chi connectivity index (χ2n) is 8.14. The molecule has 9 nitrogen and oxygen atoms in total. The van der Waals surface area contributed by atoms with Gasteiger partial charge in [0.2, 0.25) is 0 Å². The van der Waals surface area contributed by atoms with E-state index in [1.54, 1.807) is 32.9 Å². The molecule has 2 atom stereocenters. The number of nitrogens with one attached hydrogen (secondary N) is 1. The van der Waals surface area contributed by atoms with Gasteiger partial charge in [-0.25, -0.2) is 9.59 Å². The lowest BCUT2D eigenvalue weighted by Gasteiger charge is -2.33. The highest BCUT2D eigenvalue weighted by atomic mass is 16.6. The number of nitrogens with zero attached hydrogens (tertiary/aromatic N) is 2. The van der Waals surface area contributed by atoms with E-state index in [9.17, 15) is 19.7 Å². The van der Waals surface area contributed by atoms with E-state index in [2.05, 4.69) is 10.2 Å². The maximum absolute atomic E-state index is 13.4. The van der Waals surface area contributed by atoms with Crippen LogP contribution in [0.1, 0.15) is 45.1 Å². The molecule has 2 aliphatic heterocycles. The average Bonchev–Trinajstić information content (AvgIpc) is 2.73. The standard InChI is InChI=1S/C23H29N3O6/c1-5-31-22(27)19-14(2)24-15(3)20(23(28)32-18-10-7-11-25(4)13-18)21(19)16-8-6-9-17(12-16)26(29)30/h6,8-9,12,18,21,24H,5,7,10-11,13H2,1-4H3. The van der Waals surface area contributed by atoms with Gasteiger partial charge >= 0.3 is 11.9 Å². The number of nitro groups is 1. The predicted octanol–water partition coefficient (Wildman–Crippen LogP) is 3.03. The molecular formula is C23H29N3O6. The fourth-order valence-corrected chi connectivity index (χ4v) is 4.33. The number of benzene rings is 1. The zero-order valence-corrected chi connectivity index (χ0v) is 18.8. The number of hydrogen-bond acceptors (Lipinski definition) is 8. The first kappa shape index (κ1) is 23.5. The molecule has 2 heterocycles. The molecule has 0 aliphatic carbocycles. The topological polar surface area (TPSA) is 111 Å². The van der Waals surface area contributed by atoms with Crippen molar-refractivity contribution in [3.63, 3.8) is 0 Å². The molecule has 3 rings (SSSR count). The minimum Gasteiger partial charge on any atom is -0.463 e. The number of carbonyl (C=O) groups is 2. The summed E-state index contributed by atoms with van der Waals surface area (Å²) in [6, 6.07) is 5.97. The van der Waals surface area contributed by atoms with Gasteiger partial charge in [0.15, 0.2) is 0 Å². The molecule has 0 spiro atoms. The summed E-state index contributed by atoms with van der Waals surface area (Å²) >= 11 is 0. The molecule has 1 aromatic rings. The first-order valence-electron chi connectivity index (χ1n) is 10.7. The van der Waals surface area contributed by atoms with Crippen LogP contribution in [0.4, 0.5) is 5.69 Å². The Balaban J connectivity index is 2.05. The number of nitro benzene ring substituents is 1. The van der Waals surface area contributed by atoms with E-state index in [0.29, 0.717) is 23.5 Å². The molecular weight excluding hydrogens is 414 g/mol. The van der Waals surface area contributed by atoms with Crippen molar-refractivity contribution in [1.82, 2.24) is 10.2 Å². The number of allylic oxidation sites excluding steroid dienone is 2. The van der Waals surface area contributed by atoms with Gasteiger partial charge in [0, 0.05) is 30.1 Å². The Hall–Kier alpha value is -3.20. The summed E-state index contributed by atoms with van der Waals surface area (Å²) in [7, 11) is 1.98. The zero-order chi connectivity index (χ0) is 23.4. The largest absolute Gasteiger partial charge is 0.463 e. The number of piperidine rings is 1. The van der Waals surface area contributed by atoms with Gasteiger partial charge in [0.25, 0.3) is 5.69 Å². The molecule has 32 heavy (non-hydrogen) atoms. The van der Waals surface area contributed by atoms with Crippen LogP contribution in [0.5, 0.6) is 0 Å². The van der Waals surface area contributed by atoms with Crippen molar-refractivity contribution < 1.29 is 24.0 Å². The van der Waals surface area contributed by atoms with Crippen molar-refractivity contribution in [2.45, 2.75) is 45.6 Å². The lowest BCUT2D eigenvalue weighted by atomic mass is 9.80. The van der Waals surface area contributed by atoms with Crippen LogP contribution in [0.25, 0.3) is 0 Å². The first-order chi connectivity index (χ1) is 15.2. The Kier molecular flexibility index (Phi) is 7.29. The van der Waals surface area contributed by atoms with Gasteiger partial charge in [-0.15, -0.1) is 0 Å². The lowest BCUT2D eigenvalue weighted by Crippen LogP contribution is -2.40. The Labute approximate surface area is 187 Å². The minimum atomic E-state index is -0.843. The number of rotatable bonds is 6. The van der Waals surface area contributed by atoms with Gasteiger partial charge < -0.3 is 19.7 Å². The summed E-state index contributed by atoms with van der Waals surface area (Å²) in [5, 5.41) is 14.5. The van der Waals surface area contributed by atoms with Gasteiger partial charge in [-0.05, 0) is 52.8 Å². The van der Waals surface area contributed by atoms with Gasteiger partial charge in [0.05, 0.1) is 28.6 Å². The highest BCUT2D eigenvalue weighted by Gasteiger charge is 2.39. The van der Waals surface area contributed by atoms with Crippen molar-refractivity contribution in [3.05, 3.63) is 62.5 Å². The van der Waals surface area contributed by atoms with Crippen LogP contribution in [0.3, 0.4) is 0 Å². The predicted molar refractivity (Wildman–Crippen MR) is 118 cm³/mol. The van der Waals surface area contributed by atoms with Crippen molar-refractivity contribution in [2.75, 3.05) is 26.7 Å². The monoisotopic (exact) mass is 443 g/mol. The third-order valence-corrected chi connectivity index (χ3v) is 5.74. The van der Waals surface area contributed by atoms with Crippen LogP contribution in [0, 0.1) is 10.1 Å². The molecule has 172 valence electrons. The van der Waals surface area contributed by atoms with E-state index in [4.69, 9.17) is 9.47 Å². The number of carbonyl (C=O) groups excluding carboxylic acids is 2. The highest BCUT2D eigenvalue weighted by Crippen LogP contribution is 2.40. The number of ether oxygens (including phenoxy) is 2. The summed E-state index contributed by atoms with van der Waals surface area (Å²) in [5.41, 5.74) is 1.90. The smallest absolute Gasteiger partial charge is 0.337 e. The van der Waals surface area contributed by atoms with Crippen molar-refractivity contribution in [2.24, 2.45) is 0 Å². The second kappa shape index (κ2) is 9.95. The molecule has 9 heteroatoms.